The second kappa shape index (κ2) is 29.4. The smallest absolute Gasteiger partial charge is 0.214 e. The van der Waals surface area contributed by atoms with Gasteiger partial charge in [0.15, 0.2) is 0 Å². The van der Waals surface area contributed by atoms with Gasteiger partial charge in [0, 0.05) is 20.5 Å². The molecule has 0 saturated carbocycles. The summed E-state index contributed by atoms with van der Waals surface area (Å²) in [4.78, 5) is 18.4. The Bertz CT molecular complexity index is 127. The summed E-state index contributed by atoms with van der Waals surface area (Å²) in [5.74, 6) is -0.667. The molecule has 0 bridgehead atoms. The summed E-state index contributed by atoms with van der Waals surface area (Å²) in [6.45, 7) is 9.01. The van der Waals surface area contributed by atoms with Crippen molar-refractivity contribution in [3.05, 3.63) is 0 Å². The maximum absolute atomic E-state index is 9.22. The largest absolute Gasteiger partial charge is 0.397 e. The Morgan fingerprint density at radius 1 is 0.882 bits per heavy atom. The van der Waals surface area contributed by atoms with E-state index in [1.165, 1.54) is 39.5 Å². The fraction of sp³-hybridized carbons (Fsp3) is 0.833. The zero-order valence-electron chi connectivity index (χ0n) is 12.0. The first-order valence-corrected chi connectivity index (χ1v) is 5.92. The first-order valence-electron chi connectivity index (χ1n) is 5.92. The molecule has 0 aliphatic rings. The molecule has 2 amide bonds. The Labute approximate surface area is 106 Å². The summed E-state index contributed by atoms with van der Waals surface area (Å²) in [6, 6.07) is 0. The van der Waals surface area contributed by atoms with Gasteiger partial charge < -0.3 is 16.6 Å². The van der Waals surface area contributed by atoms with Gasteiger partial charge in [-0.05, 0) is 6.92 Å². The monoisotopic (exact) mass is 250 g/mol. The maximum atomic E-state index is 9.22. The minimum atomic E-state index is -0.333. The average Bonchev–Trinajstić information content (AvgIpc) is 2.14. The van der Waals surface area contributed by atoms with E-state index in [2.05, 4.69) is 25.3 Å². The van der Waals surface area contributed by atoms with Crippen LogP contribution in [0.5, 0.6) is 0 Å². The predicted octanol–water partition coefficient (Wildman–Crippen LogP) is 1.57. The lowest BCUT2D eigenvalue weighted by molar-refractivity contribution is -0.116. The molecule has 0 aromatic heterocycles. The van der Waals surface area contributed by atoms with E-state index in [-0.39, 0.29) is 18.4 Å². The molecule has 0 heterocycles. The number of hydrogen-bond donors (Lipinski definition) is 3. The van der Waals surface area contributed by atoms with Gasteiger partial charge in [-0.3, -0.25) is 9.59 Å². The Hall–Kier alpha value is -1.10. The third kappa shape index (κ3) is 687. The Balaban J connectivity index is -0.0000000688. The third-order valence-corrected chi connectivity index (χ3v) is 0.957. The topological polar surface area (TPSA) is 106 Å². The highest BCUT2D eigenvalue weighted by atomic mass is 16.2. The SMILES string of the molecule is CC(N)=O.CC(N)=O.CCCCCC.CCO. The molecule has 5 heteroatoms. The fourth-order valence-corrected chi connectivity index (χ4v) is 0.500. The highest BCUT2D eigenvalue weighted by molar-refractivity contribution is 5.70. The van der Waals surface area contributed by atoms with Gasteiger partial charge in [-0.15, -0.1) is 0 Å². The van der Waals surface area contributed by atoms with E-state index < -0.39 is 0 Å². The van der Waals surface area contributed by atoms with Crippen LogP contribution in [0.1, 0.15) is 60.3 Å². The molecule has 0 fully saturated rings. The molecule has 0 unspecified atom stereocenters. The van der Waals surface area contributed by atoms with E-state index in [0.717, 1.165) is 0 Å². The molecule has 0 saturated heterocycles. The lowest BCUT2D eigenvalue weighted by Gasteiger charge is -1.86. The van der Waals surface area contributed by atoms with Crippen molar-refractivity contribution < 1.29 is 14.7 Å². The number of rotatable bonds is 3. The van der Waals surface area contributed by atoms with Crippen LogP contribution in [0.25, 0.3) is 0 Å². The third-order valence-electron chi connectivity index (χ3n) is 0.957. The lowest BCUT2D eigenvalue weighted by Crippen LogP contribution is -2.01. The molecule has 0 aliphatic carbocycles. The molecule has 0 aliphatic heterocycles. The number of carbonyl (C=O) groups excluding carboxylic acids is 2. The second-order valence-electron chi connectivity index (χ2n) is 3.24. The molecule has 0 aromatic rings. The number of hydrogen-bond acceptors (Lipinski definition) is 3. The van der Waals surface area contributed by atoms with Crippen molar-refractivity contribution in [1.29, 1.82) is 0 Å². The molecule has 17 heavy (non-hydrogen) atoms. The maximum Gasteiger partial charge on any atom is 0.214 e. The highest BCUT2D eigenvalue weighted by Gasteiger charge is 1.75. The fourth-order valence-electron chi connectivity index (χ4n) is 0.500. The second-order valence-corrected chi connectivity index (χ2v) is 3.24. The Morgan fingerprint density at radius 3 is 1.06 bits per heavy atom. The summed E-state index contributed by atoms with van der Waals surface area (Å²) in [5.41, 5.74) is 8.94. The quantitative estimate of drug-likeness (QED) is 0.662. The minimum Gasteiger partial charge on any atom is -0.397 e. The highest BCUT2D eigenvalue weighted by Crippen LogP contribution is 1.95. The van der Waals surface area contributed by atoms with Gasteiger partial charge >= 0.3 is 0 Å². The van der Waals surface area contributed by atoms with Crippen LogP contribution in [0.15, 0.2) is 0 Å². The first-order chi connectivity index (χ1) is 7.79. The van der Waals surface area contributed by atoms with E-state index >= 15 is 0 Å². The number of nitrogens with two attached hydrogens (primary N) is 2. The van der Waals surface area contributed by atoms with Gasteiger partial charge in [0.25, 0.3) is 0 Å². The van der Waals surface area contributed by atoms with Crippen molar-refractivity contribution in [2.75, 3.05) is 6.61 Å². The summed E-state index contributed by atoms with van der Waals surface area (Å²) < 4.78 is 0. The van der Waals surface area contributed by atoms with Gasteiger partial charge in [-0.25, -0.2) is 0 Å². The molecule has 106 valence electrons. The van der Waals surface area contributed by atoms with Crippen molar-refractivity contribution >= 4 is 11.8 Å². The molecule has 0 spiro atoms. The molecular weight excluding hydrogens is 220 g/mol. The first kappa shape index (κ1) is 24.9. The summed E-state index contributed by atoms with van der Waals surface area (Å²) >= 11 is 0. The zero-order valence-corrected chi connectivity index (χ0v) is 12.0. The number of unbranched alkanes of at least 4 members (excludes halogenated alkanes) is 3. The number of carbonyl (C=O) groups is 2. The summed E-state index contributed by atoms with van der Waals surface area (Å²) in [5, 5.41) is 7.57. The van der Waals surface area contributed by atoms with Crippen LogP contribution >= 0.6 is 0 Å². The van der Waals surface area contributed by atoms with Crippen molar-refractivity contribution in [2.45, 2.75) is 60.3 Å². The molecule has 0 radical (unpaired) electrons. The number of amides is 2. The van der Waals surface area contributed by atoms with Crippen LogP contribution in [-0.4, -0.2) is 23.5 Å². The molecule has 0 atom stereocenters. The van der Waals surface area contributed by atoms with Gasteiger partial charge in [0.1, 0.15) is 0 Å². The summed E-state index contributed by atoms with van der Waals surface area (Å²) in [7, 11) is 0. The minimum absolute atomic E-state index is 0.250. The van der Waals surface area contributed by atoms with Crippen LogP contribution in [0.2, 0.25) is 0 Å². The molecule has 5 nitrogen and oxygen atoms in total. The van der Waals surface area contributed by atoms with E-state index in [1.54, 1.807) is 6.92 Å². The Morgan fingerprint density at radius 2 is 1.00 bits per heavy atom. The Kier molecular flexibility index (Phi) is 43.1. The number of aliphatic hydroxyl groups is 1. The number of primary amides is 2. The van der Waals surface area contributed by atoms with Gasteiger partial charge in [0.2, 0.25) is 11.8 Å². The molecule has 0 aromatic carbocycles. The van der Waals surface area contributed by atoms with E-state index in [0.29, 0.717) is 0 Å². The average molecular weight is 250 g/mol. The normalized spacial score (nSPS) is 7.18. The van der Waals surface area contributed by atoms with Crippen molar-refractivity contribution in [2.24, 2.45) is 11.5 Å². The van der Waals surface area contributed by atoms with Crippen LogP contribution in [0.4, 0.5) is 0 Å². The standard InChI is InChI=1S/C6H14.2C2H5NO.C2H6O/c1-3-5-6-4-2;2*1-2(3)4;1-2-3/h3-6H2,1-2H3;2*1H3,(H2,3,4);3H,2H2,1H3. The van der Waals surface area contributed by atoms with Gasteiger partial charge in [-0.1, -0.05) is 39.5 Å². The van der Waals surface area contributed by atoms with Crippen molar-refractivity contribution in [3.63, 3.8) is 0 Å². The lowest BCUT2D eigenvalue weighted by atomic mass is 10.2. The van der Waals surface area contributed by atoms with Crippen LogP contribution in [-0.2, 0) is 9.59 Å². The predicted molar refractivity (Wildman–Crippen MR) is 72.3 cm³/mol. The van der Waals surface area contributed by atoms with E-state index in [1.807, 2.05) is 0 Å². The molecule has 0 rings (SSSR count). The summed E-state index contributed by atoms with van der Waals surface area (Å²) in [6.07, 6.45) is 5.54. The van der Waals surface area contributed by atoms with Gasteiger partial charge in [0.05, 0.1) is 0 Å². The molecule has 5 N–H and O–H groups in total. The molecular formula is C12H30N2O3. The van der Waals surface area contributed by atoms with E-state index in [9.17, 15) is 9.59 Å². The zero-order chi connectivity index (χ0) is 14.7. The van der Waals surface area contributed by atoms with Gasteiger partial charge in [-0.2, -0.15) is 0 Å². The number of aliphatic hydroxyl groups excluding tert-OH is 1. The van der Waals surface area contributed by atoms with E-state index in [4.69, 9.17) is 5.11 Å². The van der Waals surface area contributed by atoms with Crippen LogP contribution < -0.4 is 11.5 Å². The van der Waals surface area contributed by atoms with Crippen LogP contribution in [0.3, 0.4) is 0 Å². The van der Waals surface area contributed by atoms with Crippen molar-refractivity contribution in [1.82, 2.24) is 0 Å². The van der Waals surface area contributed by atoms with Crippen molar-refractivity contribution in [3.8, 4) is 0 Å². The van der Waals surface area contributed by atoms with Crippen LogP contribution in [0, 0.1) is 0 Å².